The molecule has 1 saturated carbocycles. The summed E-state index contributed by atoms with van der Waals surface area (Å²) in [7, 11) is -5.23. The third kappa shape index (κ3) is 27.7. The zero-order valence-corrected chi connectivity index (χ0v) is 27.7. The molecule has 0 heterocycles. The van der Waals surface area contributed by atoms with Gasteiger partial charge in [0.2, 0.25) is 0 Å². The van der Waals surface area contributed by atoms with Crippen LogP contribution in [0.5, 0.6) is 0 Å². The van der Waals surface area contributed by atoms with Gasteiger partial charge in [0.15, 0.2) is 0 Å². The van der Waals surface area contributed by atoms with Crippen LogP contribution < -0.4 is 34.5 Å². The van der Waals surface area contributed by atoms with Crippen LogP contribution in [0.15, 0.2) is 0 Å². The predicted molar refractivity (Wildman–Crippen MR) is 185 cm³/mol. The quantitative estimate of drug-likeness (QED) is 0.0391. The number of hydrogen-bond donors (Lipinski definition) is 6. The Hall–Kier alpha value is 0.340. The average Bonchev–Trinajstić information content (AvgIpc) is 2.93. The molecule has 14 heteroatoms. The van der Waals surface area contributed by atoms with Crippen LogP contribution in [0.1, 0.15) is 154 Å². The Bertz CT molecular complexity index is 705. The Morgan fingerprint density at radius 3 is 1.36 bits per heavy atom. The van der Waals surface area contributed by atoms with Crippen molar-refractivity contribution >= 4 is 13.8 Å². The number of unbranched alkanes of at least 4 members (excludes halogenated alkanes) is 14. The first-order valence-electron chi connectivity index (χ1n) is 14.9. The molecule has 6 N–H and O–H groups in total. The molecule has 1 fully saturated rings. The monoisotopic (exact) mass is 718 g/mol. The number of phosphoric ester groups is 1. The van der Waals surface area contributed by atoms with E-state index in [4.69, 9.17) is 4.74 Å². The first-order chi connectivity index (χ1) is 19.0. The van der Waals surface area contributed by atoms with Crippen LogP contribution in [0.25, 0.3) is 0 Å². The van der Waals surface area contributed by atoms with Crippen LogP contribution in [0.2, 0.25) is 0 Å². The van der Waals surface area contributed by atoms with Crippen LogP contribution in [-0.2, 0) is 23.1 Å². The molecule has 286 valence electrons. The van der Waals surface area contributed by atoms with Crippen molar-refractivity contribution in [1.29, 1.82) is 0 Å². The summed E-state index contributed by atoms with van der Waals surface area (Å²) in [5.74, 6) is -0.523. The van der Waals surface area contributed by atoms with Crippen LogP contribution in [0, 0.1) is 0 Å². The van der Waals surface area contributed by atoms with Crippen molar-refractivity contribution in [3.8, 4) is 0 Å². The number of carbonyl (C=O) groups is 1. The minimum atomic E-state index is -5.23. The standard InChI is InChI=1S/C27H53O12P.6CH4.Na/c1-2-3-4-5-6-7-8-9-10-11-12-13-14-15-16-17-21(29)37-18-20(28)19-38-40(35,36)39-27-25(33)23(31)22(30)24(32)26(27)34;;;;;;;/h20,22-28,30-34H,2-19H2,1H3,(H,35,36);6*1H4;/q;;;;;;;+1/p-1/t20-,22?,23-,24?,25?,26?,27?;;;;;;;/m1......./s1. The van der Waals surface area contributed by atoms with E-state index in [1.54, 1.807) is 0 Å². The van der Waals surface area contributed by atoms with Crippen molar-refractivity contribution in [2.24, 2.45) is 0 Å². The SMILES string of the molecule is C.C.C.C.C.C.CCCCCCCCCCCCCCCCCC(=O)OC[C@@H](O)COP(=O)([O-])OC1C(O)C(O)C(O)[C@@H](O)C1O.[Na+]. The molecule has 0 saturated heterocycles. The van der Waals surface area contributed by atoms with E-state index in [9.17, 15) is 44.9 Å². The second-order valence-electron chi connectivity index (χ2n) is 10.8. The van der Waals surface area contributed by atoms with E-state index in [2.05, 4.69) is 16.0 Å². The fourth-order valence-electron chi connectivity index (χ4n) is 4.63. The molecule has 0 bridgehead atoms. The van der Waals surface area contributed by atoms with E-state index in [1.807, 2.05) is 0 Å². The molecule has 8 atom stereocenters. The Kier molecular flexibility index (Phi) is 48.0. The van der Waals surface area contributed by atoms with E-state index in [1.165, 1.54) is 70.6 Å². The molecule has 6 unspecified atom stereocenters. The Morgan fingerprint density at radius 1 is 0.638 bits per heavy atom. The first-order valence-corrected chi connectivity index (χ1v) is 16.3. The molecule has 1 aliphatic rings. The molecular weight excluding hydrogens is 642 g/mol. The Morgan fingerprint density at radius 2 is 0.979 bits per heavy atom. The van der Waals surface area contributed by atoms with Crippen molar-refractivity contribution in [1.82, 2.24) is 0 Å². The molecule has 0 aromatic heterocycles. The third-order valence-electron chi connectivity index (χ3n) is 7.17. The number of aliphatic hydroxyl groups excluding tert-OH is 6. The van der Waals surface area contributed by atoms with E-state index in [0.29, 0.717) is 6.42 Å². The molecule has 47 heavy (non-hydrogen) atoms. The summed E-state index contributed by atoms with van der Waals surface area (Å²) in [5, 5.41) is 58.4. The van der Waals surface area contributed by atoms with Gasteiger partial charge in [0.1, 0.15) is 49.3 Å². The summed E-state index contributed by atoms with van der Waals surface area (Å²) < 4.78 is 26.0. The number of hydrogen-bond acceptors (Lipinski definition) is 12. The van der Waals surface area contributed by atoms with Gasteiger partial charge in [-0.15, -0.1) is 0 Å². The van der Waals surface area contributed by atoms with Gasteiger partial charge >= 0.3 is 35.5 Å². The van der Waals surface area contributed by atoms with Gasteiger partial charge in [-0.25, -0.2) is 0 Å². The first kappa shape index (κ1) is 62.5. The van der Waals surface area contributed by atoms with Crippen molar-refractivity contribution in [3.63, 3.8) is 0 Å². The molecule has 0 amide bonds. The molecule has 0 aromatic rings. The summed E-state index contributed by atoms with van der Waals surface area (Å²) in [4.78, 5) is 23.9. The number of aliphatic hydroxyl groups is 6. The number of phosphoric acid groups is 1. The molecule has 0 aromatic carbocycles. The number of ether oxygens (including phenoxy) is 1. The fraction of sp³-hybridized carbons (Fsp3) is 0.970. The zero-order chi connectivity index (χ0) is 30.0. The van der Waals surface area contributed by atoms with Gasteiger partial charge in [0.05, 0.1) is 6.61 Å². The Balaban J connectivity index is -0.000000457. The molecule has 1 rings (SSSR count). The normalized spacial score (nSPS) is 23.2. The second-order valence-corrected chi connectivity index (χ2v) is 12.2. The van der Waals surface area contributed by atoms with Gasteiger partial charge in [-0.05, 0) is 6.42 Å². The number of esters is 1. The largest absolute Gasteiger partial charge is 1.00 e. The van der Waals surface area contributed by atoms with Gasteiger partial charge in [-0.2, -0.15) is 0 Å². The summed E-state index contributed by atoms with van der Waals surface area (Å²) in [6.45, 7) is 0.897. The fourth-order valence-corrected chi connectivity index (χ4v) is 5.59. The van der Waals surface area contributed by atoms with E-state index in [0.717, 1.165) is 19.3 Å². The van der Waals surface area contributed by atoms with Crippen LogP contribution in [-0.4, -0.2) is 92.5 Å². The third-order valence-corrected chi connectivity index (χ3v) is 8.14. The summed E-state index contributed by atoms with van der Waals surface area (Å²) >= 11 is 0. The Labute approximate surface area is 310 Å². The molecule has 0 radical (unpaired) electrons. The minimum absolute atomic E-state index is 0. The maximum absolute atomic E-state index is 12.0. The van der Waals surface area contributed by atoms with Crippen LogP contribution in [0.3, 0.4) is 0 Å². The van der Waals surface area contributed by atoms with Gasteiger partial charge in [0.25, 0.3) is 7.82 Å². The van der Waals surface area contributed by atoms with Crippen LogP contribution >= 0.6 is 7.82 Å². The summed E-state index contributed by atoms with van der Waals surface area (Å²) in [6.07, 6.45) is 4.90. The van der Waals surface area contributed by atoms with Gasteiger partial charge in [-0.3, -0.25) is 9.36 Å². The van der Waals surface area contributed by atoms with Crippen LogP contribution in [0.4, 0.5) is 0 Å². The second kappa shape index (κ2) is 36.1. The van der Waals surface area contributed by atoms with E-state index >= 15 is 0 Å². The molecule has 12 nitrogen and oxygen atoms in total. The minimum Gasteiger partial charge on any atom is -0.756 e. The van der Waals surface area contributed by atoms with Crippen molar-refractivity contribution in [2.45, 2.75) is 197 Å². The zero-order valence-electron chi connectivity index (χ0n) is 24.8. The molecule has 0 aliphatic heterocycles. The molecule has 0 spiro atoms. The summed E-state index contributed by atoms with van der Waals surface area (Å²) in [5.41, 5.74) is 0. The van der Waals surface area contributed by atoms with E-state index in [-0.39, 0.29) is 80.5 Å². The topological polar surface area (TPSA) is 206 Å². The molecule has 1 aliphatic carbocycles. The summed E-state index contributed by atoms with van der Waals surface area (Å²) in [6, 6.07) is 0. The van der Waals surface area contributed by atoms with Crippen molar-refractivity contribution in [2.75, 3.05) is 13.2 Å². The maximum Gasteiger partial charge on any atom is 1.00 e. The van der Waals surface area contributed by atoms with E-state index < -0.39 is 69.7 Å². The predicted octanol–water partition coefficient (Wildman–Crippen LogP) is 2.66. The van der Waals surface area contributed by atoms with Crippen molar-refractivity contribution in [3.05, 3.63) is 0 Å². The van der Waals surface area contributed by atoms with Crippen molar-refractivity contribution < 1.29 is 88.2 Å². The number of rotatable bonds is 23. The average molecular weight is 719 g/mol. The molecular formula is C33H76NaO12P. The van der Waals surface area contributed by atoms with Gasteiger partial charge < -0.3 is 49.3 Å². The van der Waals surface area contributed by atoms with Gasteiger partial charge in [0, 0.05) is 6.42 Å². The van der Waals surface area contributed by atoms with Gasteiger partial charge in [-0.1, -0.05) is 141 Å². The number of carbonyl (C=O) groups excluding carboxylic acids is 1. The maximum atomic E-state index is 12.0. The smallest absolute Gasteiger partial charge is 0.756 e.